The minimum Gasteiger partial charge on any atom is -0.352 e. The Balaban J connectivity index is 1.66. The van der Waals surface area contributed by atoms with Crippen LogP contribution in [0.3, 0.4) is 0 Å². The van der Waals surface area contributed by atoms with Crippen molar-refractivity contribution in [3.8, 4) is 22.8 Å². The molecule has 94 valence electrons. The Labute approximate surface area is 110 Å². The maximum atomic E-state index is 4.55. The van der Waals surface area contributed by atoms with Crippen LogP contribution in [-0.2, 0) is 0 Å². The van der Waals surface area contributed by atoms with Crippen molar-refractivity contribution in [2.75, 3.05) is 0 Å². The number of aromatic amines is 2. The van der Waals surface area contributed by atoms with Crippen LogP contribution in [0.25, 0.3) is 22.8 Å². The third kappa shape index (κ3) is 1.95. The van der Waals surface area contributed by atoms with Gasteiger partial charge in [0, 0.05) is 11.6 Å². The lowest BCUT2D eigenvalue weighted by atomic mass is 10.2. The third-order valence-corrected chi connectivity index (χ3v) is 3.48. The van der Waals surface area contributed by atoms with E-state index < -0.39 is 0 Å². The number of nitrogens with one attached hydrogen (secondary N) is 2. The highest BCUT2D eigenvalue weighted by atomic mass is 15.2. The molecule has 0 saturated heterocycles. The largest absolute Gasteiger partial charge is 0.352 e. The van der Waals surface area contributed by atoms with Crippen molar-refractivity contribution in [1.82, 2.24) is 20.2 Å². The van der Waals surface area contributed by atoms with E-state index in [1.165, 1.54) is 18.4 Å². The van der Waals surface area contributed by atoms with Crippen LogP contribution in [0.4, 0.5) is 0 Å². The number of H-pyrrole nitrogens is 2. The monoisotopic (exact) mass is 250 g/mol. The molecular formula is C15H14N4. The van der Waals surface area contributed by atoms with Gasteiger partial charge in [0.15, 0.2) is 5.82 Å². The van der Waals surface area contributed by atoms with Gasteiger partial charge in [-0.05, 0) is 30.5 Å². The Morgan fingerprint density at radius 3 is 2.53 bits per heavy atom. The van der Waals surface area contributed by atoms with E-state index in [1.807, 2.05) is 24.3 Å². The second kappa shape index (κ2) is 4.09. The standard InChI is InChI=1S/C15H14N4/c1-2-4-10(5-3-1)12-8-9-13(16-12)15-17-14(18-19-15)11-6-7-11/h1-5,8-9,11,16H,6-7H2,(H,17,18,19). The first-order valence-corrected chi connectivity index (χ1v) is 6.57. The molecule has 1 saturated carbocycles. The first-order chi connectivity index (χ1) is 9.40. The van der Waals surface area contributed by atoms with Gasteiger partial charge in [-0.2, -0.15) is 5.10 Å². The second-order valence-electron chi connectivity index (χ2n) is 4.97. The number of hydrogen-bond donors (Lipinski definition) is 2. The van der Waals surface area contributed by atoms with Crippen molar-refractivity contribution in [1.29, 1.82) is 0 Å². The number of rotatable bonds is 3. The summed E-state index contributed by atoms with van der Waals surface area (Å²) in [5.41, 5.74) is 3.22. The van der Waals surface area contributed by atoms with E-state index in [0.29, 0.717) is 5.92 Å². The van der Waals surface area contributed by atoms with Gasteiger partial charge in [-0.15, -0.1) is 0 Å². The van der Waals surface area contributed by atoms with Gasteiger partial charge in [0.05, 0.1) is 5.69 Å². The molecule has 19 heavy (non-hydrogen) atoms. The smallest absolute Gasteiger partial charge is 0.197 e. The van der Waals surface area contributed by atoms with E-state index >= 15 is 0 Å². The predicted octanol–water partition coefficient (Wildman–Crippen LogP) is 3.34. The highest BCUT2D eigenvalue weighted by Crippen LogP contribution is 2.38. The zero-order valence-electron chi connectivity index (χ0n) is 10.4. The van der Waals surface area contributed by atoms with Crippen LogP contribution in [0.1, 0.15) is 24.6 Å². The molecule has 0 atom stereocenters. The lowest BCUT2D eigenvalue weighted by Gasteiger charge is -1.96. The molecule has 4 rings (SSSR count). The summed E-state index contributed by atoms with van der Waals surface area (Å²) in [6.45, 7) is 0. The van der Waals surface area contributed by atoms with Crippen molar-refractivity contribution in [3.05, 3.63) is 48.3 Å². The summed E-state index contributed by atoms with van der Waals surface area (Å²) in [7, 11) is 0. The van der Waals surface area contributed by atoms with Gasteiger partial charge in [-0.1, -0.05) is 30.3 Å². The Bertz CT molecular complexity index is 692. The minimum absolute atomic E-state index is 0.602. The first kappa shape index (κ1) is 10.6. The summed E-state index contributed by atoms with van der Waals surface area (Å²) in [5.74, 6) is 2.37. The minimum atomic E-state index is 0.602. The van der Waals surface area contributed by atoms with Crippen LogP contribution >= 0.6 is 0 Å². The topological polar surface area (TPSA) is 57.4 Å². The predicted molar refractivity (Wildman–Crippen MR) is 73.6 cm³/mol. The molecule has 0 unspecified atom stereocenters. The molecule has 1 aliphatic carbocycles. The summed E-state index contributed by atoms with van der Waals surface area (Å²) in [4.78, 5) is 7.92. The summed E-state index contributed by atoms with van der Waals surface area (Å²) < 4.78 is 0. The first-order valence-electron chi connectivity index (χ1n) is 6.57. The molecule has 1 aliphatic rings. The normalized spacial score (nSPS) is 14.7. The number of nitrogens with zero attached hydrogens (tertiary/aromatic N) is 2. The molecular weight excluding hydrogens is 236 g/mol. The maximum Gasteiger partial charge on any atom is 0.197 e. The summed E-state index contributed by atoms with van der Waals surface area (Å²) >= 11 is 0. The summed E-state index contributed by atoms with van der Waals surface area (Å²) in [6, 6.07) is 14.4. The number of hydrogen-bond acceptors (Lipinski definition) is 2. The van der Waals surface area contributed by atoms with Crippen molar-refractivity contribution < 1.29 is 0 Å². The third-order valence-electron chi connectivity index (χ3n) is 3.48. The molecule has 0 amide bonds. The molecule has 0 spiro atoms. The lowest BCUT2D eigenvalue weighted by Crippen LogP contribution is -1.83. The SMILES string of the molecule is c1ccc(-c2ccc(-c3n[nH]c(C4CC4)n3)[nH]2)cc1. The van der Waals surface area contributed by atoms with Crippen molar-refractivity contribution >= 4 is 0 Å². The molecule has 2 N–H and O–H groups in total. The van der Waals surface area contributed by atoms with Gasteiger partial charge in [0.2, 0.25) is 0 Å². The van der Waals surface area contributed by atoms with Crippen LogP contribution < -0.4 is 0 Å². The summed E-state index contributed by atoms with van der Waals surface area (Å²) in [5, 5.41) is 7.32. The van der Waals surface area contributed by atoms with Crippen LogP contribution in [0.5, 0.6) is 0 Å². The fourth-order valence-corrected chi connectivity index (χ4v) is 2.25. The van der Waals surface area contributed by atoms with Crippen LogP contribution in [0.2, 0.25) is 0 Å². The average Bonchev–Trinajstić information content (AvgIpc) is 3.01. The van der Waals surface area contributed by atoms with Gasteiger partial charge in [0.25, 0.3) is 0 Å². The number of benzene rings is 1. The summed E-state index contributed by atoms with van der Waals surface area (Å²) in [6.07, 6.45) is 2.46. The Morgan fingerprint density at radius 2 is 1.74 bits per heavy atom. The van der Waals surface area contributed by atoms with Crippen molar-refractivity contribution in [2.24, 2.45) is 0 Å². The van der Waals surface area contributed by atoms with Crippen LogP contribution in [0, 0.1) is 0 Å². The van der Waals surface area contributed by atoms with Crippen LogP contribution in [0.15, 0.2) is 42.5 Å². The van der Waals surface area contributed by atoms with E-state index in [2.05, 4.69) is 38.4 Å². The van der Waals surface area contributed by atoms with Gasteiger partial charge in [-0.25, -0.2) is 4.98 Å². The highest BCUT2D eigenvalue weighted by Gasteiger charge is 2.27. The molecule has 0 aliphatic heterocycles. The maximum absolute atomic E-state index is 4.55. The average molecular weight is 250 g/mol. The zero-order chi connectivity index (χ0) is 12.7. The van der Waals surface area contributed by atoms with Gasteiger partial charge in [-0.3, -0.25) is 5.10 Å². The molecule has 4 nitrogen and oxygen atoms in total. The van der Waals surface area contributed by atoms with Gasteiger partial charge >= 0.3 is 0 Å². The number of aromatic nitrogens is 4. The van der Waals surface area contributed by atoms with E-state index in [9.17, 15) is 0 Å². The van der Waals surface area contributed by atoms with E-state index in [0.717, 1.165) is 23.0 Å². The molecule has 4 heteroatoms. The van der Waals surface area contributed by atoms with Crippen LogP contribution in [-0.4, -0.2) is 20.2 Å². The molecule has 2 aromatic heterocycles. The Hall–Kier alpha value is -2.36. The molecule has 0 radical (unpaired) electrons. The molecule has 3 aromatic rings. The fourth-order valence-electron chi connectivity index (χ4n) is 2.25. The zero-order valence-corrected chi connectivity index (χ0v) is 10.4. The van der Waals surface area contributed by atoms with E-state index in [4.69, 9.17) is 0 Å². The molecule has 1 aromatic carbocycles. The van der Waals surface area contributed by atoms with Crippen molar-refractivity contribution in [3.63, 3.8) is 0 Å². The van der Waals surface area contributed by atoms with Gasteiger partial charge < -0.3 is 4.98 Å². The van der Waals surface area contributed by atoms with E-state index in [1.54, 1.807) is 0 Å². The second-order valence-corrected chi connectivity index (χ2v) is 4.97. The quantitative estimate of drug-likeness (QED) is 0.749. The Kier molecular flexibility index (Phi) is 2.27. The van der Waals surface area contributed by atoms with Crippen molar-refractivity contribution in [2.45, 2.75) is 18.8 Å². The molecule has 0 bridgehead atoms. The molecule has 1 fully saturated rings. The van der Waals surface area contributed by atoms with E-state index in [-0.39, 0.29) is 0 Å². The Morgan fingerprint density at radius 1 is 0.947 bits per heavy atom. The lowest BCUT2D eigenvalue weighted by molar-refractivity contribution is 0.935. The highest BCUT2D eigenvalue weighted by molar-refractivity contribution is 5.64. The molecule has 2 heterocycles. The fraction of sp³-hybridized carbons (Fsp3) is 0.200. The van der Waals surface area contributed by atoms with Gasteiger partial charge in [0.1, 0.15) is 5.82 Å².